The number of hydrogen-bond acceptors (Lipinski definition) is 2. The zero-order valence-corrected chi connectivity index (χ0v) is 10.0. The molecule has 0 amide bonds. The highest BCUT2D eigenvalue weighted by molar-refractivity contribution is 5.15. The first-order chi connectivity index (χ1) is 8.36. The Morgan fingerprint density at radius 2 is 1.76 bits per heavy atom. The Morgan fingerprint density at radius 3 is 2.35 bits per heavy atom. The van der Waals surface area contributed by atoms with Gasteiger partial charge in [0.15, 0.2) is 0 Å². The second kappa shape index (κ2) is 4.50. The number of likely N-dealkylation sites (tertiary alicyclic amines) is 1. The second-order valence-corrected chi connectivity index (χ2v) is 5.43. The first kappa shape index (κ1) is 10.8. The molecule has 17 heavy (non-hydrogen) atoms. The molecule has 1 heterocycles. The van der Waals surface area contributed by atoms with Crippen molar-refractivity contribution < 1.29 is 0 Å². The van der Waals surface area contributed by atoms with E-state index in [-0.39, 0.29) is 0 Å². The summed E-state index contributed by atoms with van der Waals surface area (Å²) in [4.78, 5) is 2.53. The van der Waals surface area contributed by atoms with Crippen molar-refractivity contribution in [1.29, 1.82) is 5.26 Å². The van der Waals surface area contributed by atoms with Gasteiger partial charge in [-0.2, -0.15) is 5.26 Å². The summed E-state index contributed by atoms with van der Waals surface area (Å²) in [6.07, 6.45) is 2.52. The van der Waals surface area contributed by atoms with Gasteiger partial charge in [-0.05, 0) is 30.2 Å². The van der Waals surface area contributed by atoms with E-state index in [0.29, 0.717) is 17.8 Å². The fourth-order valence-corrected chi connectivity index (χ4v) is 3.50. The molecule has 1 aromatic carbocycles. The van der Waals surface area contributed by atoms with Crippen molar-refractivity contribution in [2.75, 3.05) is 13.1 Å². The van der Waals surface area contributed by atoms with Crippen molar-refractivity contribution in [1.82, 2.24) is 4.90 Å². The molecule has 2 heteroatoms. The molecule has 88 valence electrons. The molecule has 2 fully saturated rings. The van der Waals surface area contributed by atoms with Crippen LogP contribution in [-0.4, -0.2) is 18.0 Å². The van der Waals surface area contributed by atoms with E-state index < -0.39 is 0 Å². The number of benzene rings is 1. The lowest BCUT2D eigenvalue weighted by Crippen LogP contribution is -2.40. The predicted molar refractivity (Wildman–Crippen MR) is 67.0 cm³/mol. The standard InChI is InChI=1S/C15H18N2/c16-8-15-13-6-7-14(15)11-17(10-13)9-12-4-2-1-3-5-12/h1-5,13-15H,6-7,9-11H2/t13-,14-/m0/s1. The lowest BCUT2D eigenvalue weighted by Gasteiger charge is -2.34. The van der Waals surface area contributed by atoms with Crippen LogP contribution in [0, 0.1) is 29.1 Å². The third-order valence-corrected chi connectivity index (χ3v) is 4.31. The molecular weight excluding hydrogens is 208 g/mol. The van der Waals surface area contributed by atoms with Crippen LogP contribution in [-0.2, 0) is 6.54 Å². The first-order valence-corrected chi connectivity index (χ1v) is 6.52. The Morgan fingerprint density at radius 1 is 1.12 bits per heavy atom. The van der Waals surface area contributed by atoms with Gasteiger partial charge in [0.1, 0.15) is 0 Å². The third kappa shape index (κ3) is 2.08. The molecular formula is C15H18N2. The highest BCUT2D eigenvalue weighted by Crippen LogP contribution is 2.41. The summed E-state index contributed by atoms with van der Waals surface area (Å²) in [5.74, 6) is 1.59. The summed E-state index contributed by atoms with van der Waals surface area (Å²) in [5.41, 5.74) is 1.39. The summed E-state index contributed by atoms with van der Waals surface area (Å²) in [5, 5.41) is 9.18. The summed E-state index contributed by atoms with van der Waals surface area (Å²) in [7, 11) is 0. The number of fused-ring (bicyclic) bond motifs is 2. The van der Waals surface area contributed by atoms with E-state index in [2.05, 4.69) is 41.3 Å². The van der Waals surface area contributed by atoms with Gasteiger partial charge in [0, 0.05) is 19.6 Å². The lowest BCUT2D eigenvalue weighted by atomic mass is 9.86. The highest BCUT2D eigenvalue weighted by Gasteiger charge is 2.41. The molecule has 1 saturated heterocycles. The third-order valence-electron chi connectivity index (χ3n) is 4.31. The Kier molecular flexibility index (Phi) is 2.86. The lowest BCUT2D eigenvalue weighted by molar-refractivity contribution is 0.129. The van der Waals surface area contributed by atoms with Gasteiger partial charge in [-0.3, -0.25) is 4.90 Å². The van der Waals surface area contributed by atoms with E-state index >= 15 is 0 Å². The molecule has 1 aliphatic carbocycles. The van der Waals surface area contributed by atoms with Crippen LogP contribution in [0.3, 0.4) is 0 Å². The minimum atomic E-state index is 0.335. The predicted octanol–water partition coefficient (Wildman–Crippen LogP) is 2.67. The van der Waals surface area contributed by atoms with Crippen molar-refractivity contribution in [3.8, 4) is 6.07 Å². The quantitative estimate of drug-likeness (QED) is 0.775. The topological polar surface area (TPSA) is 27.0 Å². The van der Waals surface area contributed by atoms with Gasteiger partial charge >= 0.3 is 0 Å². The van der Waals surface area contributed by atoms with E-state index in [9.17, 15) is 5.26 Å². The van der Waals surface area contributed by atoms with Gasteiger partial charge < -0.3 is 0 Å². The second-order valence-electron chi connectivity index (χ2n) is 5.43. The zero-order valence-electron chi connectivity index (χ0n) is 10.0. The Bertz CT molecular complexity index is 406. The molecule has 2 aliphatic rings. The van der Waals surface area contributed by atoms with Gasteiger partial charge in [0.2, 0.25) is 0 Å². The summed E-state index contributed by atoms with van der Waals surface area (Å²) >= 11 is 0. The molecule has 0 N–H and O–H groups in total. The van der Waals surface area contributed by atoms with E-state index in [0.717, 1.165) is 19.6 Å². The normalized spacial score (nSPS) is 32.3. The Labute approximate surface area is 103 Å². The zero-order chi connectivity index (χ0) is 11.7. The molecule has 0 spiro atoms. The van der Waals surface area contributed by atoms with E-state index in [1.54, 1.807) is 0 Å². The summed E-state index contributed by atoms with van der Waals surface area (Å²) < 4.78 is 0. The van der Waals surface area contributed by atoms with Crippen LogP contribution in [0.1, 0.15) is 18.4 Å². The largest absolute Gasteiger partial charge is 0.298 e. The van der Waals surface area contributed by atoms with Gasteiger partial charge in [-0.15, -0.1) is 0 Å². The molecule has 2 atom stereocenters. The molecule has 1 aliphatic heterocycles. The molecule has 1 aromatic rings. The van der Waals surface area contributed by atoms with Gasteiger partial charge in [0.25, 0.3) is 0 Å². The Balaban J connectivity index is 1.67. The van der Waals surface area contributed by atoms with Crippen LogP contribution in [0.15, 0.2) is 30.3 Å². The molecule has 0 unspecified atom stereocenters. The van der Waals surface area contributed by atoms with Crippen molar-refractivity contribution in [3.05, 3.63) is 35.9 Å². The fourth-order valence-electron chi connectivity index (χ4n) is 3.50. The minimum absolute atomic E-state index is 0.335. The highest BCUT2D eigenvalue weighted by atomic mass is 15.1. The van der Waals surface area contributed by atoms with Crippen LogP contribution in [0.2, 0.25) is 0 Å². The molecule has 0 aromatic heterocycles. The monoisotopic (exact) mass is 226 g/mol. The summed E-state index contributed by atoms with van der Waals surface area (Å²) in [6, 6.07) is 13.2. The number of hydrogen-bond donors (Lipinski definition) is 0. The van der Waals surface area contributed by atoms with Gasteiger partial charge in [-0.1, -0.05) is 30.3 Å². The minimum Gasteiger partial charge on any atom is -0.298 e. The van der Waals surface area contributed by atoms with Crippen molar-refractivity contribution in [2.24, 2.45) is 17.8 Å². The maximum Gasteiger partial charge on any atom is 0.0662 e. The van der Waals surface area contributed by atoms with Crippen molar-refractivity contribution in [3.63, 3.8) is 0 Å². The fraction of sp³-hybridized carbons (Fsp3) is 0.533. The first-order valence-electron chi connectivity index (χ1n) is 6.52. The maximum absolute atomic E-state index is 9.18. The number of nitriles is 1. The van der Waals surface area contributed by atoms with Crippen LogP contribution in [0.4, 0.5) is 0 Å². The average molecular weight is 226 g/mol. The number of nitrogens with zero attached hydrogens (tertiary/aromatic N) is 2. The van der Waals surface area contributed by atoms with Crippen LogP contribution in [0.25, 0.3) is 0 Å². The van der Waals surface area contributed by atoms with E-state index in [1.807, 2.05) is 0 Å². The number of piperidine rings is 1. The van der Waals surface area contributed by atoms with Gasteiger partial charge in [-0.25, -0.2) is 0 Å². The molecule has 2 nitrogen and oxygen atoms in total. The average Bonchev–Trinajstić information content (AvgIpc) is 2.61. The maximum atomic E-state index is 9.18. The number of rotatable bonds is 2. The Hall–Kier alpha value is -1.33. The summed E-state index contributed by atoms with van der Waals surface area (Å²) in [6.45, 7) is 3.28. The smallest absolute Gasteiger partial charge is 0.0662 e. The van der Waals surface area contributed by atoms with Crippen LogP contribution < -0.4 is 0 Å². The molecule has 2 bridgehead atoms. The molecule has 1 saturated carbocycles. The molecule has 3 rings (SSSR count). The van der Waals surface area contributed by atoms with Crippen molar-refractivity contribution in [2.45, 2.75) is 19.4 Å². The van der Waals surface area contributed by atoms with Crippen molar-refractivity contribution >= 4 is 0 Å². The van der Waals surface area contributed by atoms with E-state index in [1.165, 1.54) is 18.4 Å². The molecule has 0 radical (unpaired) electrons. The SMILES string of the molecule is N#CC1[C@H]2CC[C@H]1CN(Cc1ccccc1)C2. The van der Waals surface area contributed by atoms with Gasteiger partial charge in [0.05, 0.1) is 12.0 Å². The van der Waals surface area contributed by atoms with E-state index in [4.69, 9.17) is 0 Å². The van der Waals surface area contributed by atoms with Crippen LogP contribution in [0.5, 0.6) is 0 Å². The van der Waals surface area contributed by atoms with Crippen LogP contribution >= 0.6 is 0 Å².